The van der Waals surface area contributed by atoms with Crippen molar-refractivity contribution in [3.8, 4) is 0 Å². The summed E-state index contributed by atoms with van der Waals surface area (Å²) in [6, 6.07) is 0. The van der Waals surface area contributed by atoms with Crippen LogP contribution in [0.1, 0.15) is 13.8 Å². The fraction of sp³-hybridized carbons (Fsp3) is 1.00. The quantitative estimate of drug-likeness (QED) is 0.477. The highest BCUT2D eigenvalue weighted by atomic mass is 79.9. The molecule has 0 aromatic carbocycles. The van der Waals surface area contributed by atoms with Crippen molar-refractivity contribution in [2.24, 2.45) is 0 Å². The van der Waals surface area contributed by atoms with Gasteiger partial charge in [-0.3, -0.25) is 0 Å². The summed E-state index contributed by atoms with van der Waals surface area (Å²) >= 11 is 8.00. The van der Waals surface area contributed by atoms with Gasteiger partial charge in [0.2, 0.25) is 0 Å². The fourth-order valence-electron chi connectivity index (χ4n) is 0.645. The first-order chi connectivity index (χ1) is 6.58. The van der Waals surface area contributed by atoms with E-state index >= 15 is 0 Å². The van der Waals surface area contributed by atoms with Gasteiger partial charge in [0.25, 0.3) is 0 Å². The molecule has 14 heavy (non-hydrogen) atoms. The smallest absolute Gasteiger partial charge is 0.301 e. The lowest BCUT2D eigenvalue weighted by atomic mass is 10.6. The summed E-state index contributed by atoms with van der Waals surface area (Å²) in [6.07, 6.45) is 0. The van der Waals surface area contributed by atoms with Crippen LogP contribution >= 0.6 is 50.0 Å². The minimum absolute atomic E-state index is 0.279. The van der Waals surface area contributed by atoms with Crippen molar-refractivity contribution in [2.45, 2.75) is 18.7 Å². The van der Waals surface area contributed by atoms with Crippen molar-refractivity contribution in [3.05, 3.63) is 0 Å². The van der Waals surface area contributed by atoms with Crippen molar-refractivity contribution in [2.75, 3.05) is 24.3 Å². The van der Waals surface area contributed by atoms with Gasteiger partial charge in [-0.2, -0.15) is 0 Å². The van der Waals surface area contributed by atoms with E-state index in [0.717, 1.165) is 5.33 Å². The van der Waals surface area contributed by atoms with Crippen LogP contribution in [0.3, 0.4) is 0 Å². The van der Waals surface area contributed by atoms with Crippen LogP contribution < -0.4 is 0 Å². The van der Waals surface area contributed by atoms with E-state index in [1.54, 1.807) is 0 Å². The summed E-state index contributed by atoms with van der Waals surface area (Å²) in [4.78, 5) is 0.279. The Morgan fingerprint density at radius 3 is 2.21 bits per heavy atom. The first-order valence-corrected chi connectivity index (χ1v) is 9.48. The van der Waals surface area contributed by atoms with Crippen LogP contribution in [0.5, 0.6) is 0 Å². The average molecular weight is 370 g/mol. The van der Waals surface area contributed by atoms with Gasteiger partial charge in [-0.25, -0.2) is 4.57 Å². The monoisotopic (exact) mass is 368 g/mol. The van der Waals surface area contributed by atoms with E-state index in [-0.39, 0.29) is 4.83 Å². The van der Waals surface area contributed by atoms with Gasteiger partial charge >= 0.3 is 6.80 Å². The molecule has 0 aliphatic rings. The first-order valence-electron chi connectivity index (χ1n) is 4.31. The van der Waals surface area contributed by atoms with Gasteiger partial charge in [0, 0.05) is 15.9 Å². The van der Waals surface area contributed by atoms with Crippen LogP contribution in [-0.2, 0) is 13.6 Å². The third-order valence-electron chi connectivity index (χ3n) is 1.16. The summed E-state index contributed by atoms with van der Waals surface area (Å²) in [5.41, 5.74) is 0. The Kier molecular flexibility index (Phi) is 9.49. The number of halogens is 2. The number of rotatable bonds is 8. The molecule has 0 N–H and O–H groups in total. The number of hydrogen-bond acceptors (Lipinski definition) is 4. The second kappa shape index (κ2) is 8.59. The van der Waals surface area contributed by atoms with Crippen LogP contribution in [0, 0.1) is 0 Å². The highest BCUT2D eigenvalue weighted by Crippen LogP contribution is 2.60. The van der Waals surface area contributed by atoms with Crippen LogP contribution in [-0.4, -0.2) is 29.1 Å². The van der Waals surface area contributed by atoms with Crippen molar-refractivity contribution in [1.29, 1.82) is 0 Å². The van der Waals surface area contributed by atoms with Gasteiger partial charge < -0.3 is 9.05 Å². The molecule has 0 fully saturated rings. The van der Waals surface area contributed by atoms with E-state index in [1.165, 1.54) is 11.4 Å². The summed E-state index contributed by atoms with van der Waals surface area (Å²) in [6.45, 7) is 1.51. The second-order valence-electron chi connectivity index (χ2n) is 2.33. The minimum Gasteiger partial charge on any atom is -0.301 e. The third kappa shape index (κ3) is 6.85. The van der Waals surface area contributed by atoms with E-state index < -0.39 is 6.80 Å². The molecule has 0 saturated carbocycles. The maximum Gasteiger partial charge on any atom is 0.389 e. The Morgan fingerprint density at radius 1 is 1.36 bits per heavy atom. The number of alkyl halides is 2. The zero-order valence-electron chi connectivity index (χ0n) is 8.24. The molecule has 86 valence electrons. The molecule has 0 saturated heterocycles. The van der Waals surface area contributed by atoms with E-state index in [0.29, 0.717) is 19.0 Å². The summed E-state index contributed by atoms with van der Waals surface area (Å²) < 4.78 is 22.2. The molecule has 0 bridgehead atoms. The Hall–Kier alpha value is 1.46. The van der Waals surface area contributed by atoms with Gasteiger partial charge in [0.1, 0.15) is 0 Å². The second-order valence-corrected chi connectivity index (χ2v) is 8.39. The van der Waals surface area contributed by atoms with Crippen LogP contribution in [0.25, 0.3) is 0 Å². The molecule has 0 radical (unpaired) electrons. The topological polar surface area (TPSA) is 35.5 Å². The Balaban J connectivity index is 4.02. The normalized spacial score (nSPS) is 14.3. The predicted molar refractivity (Wildman–Crippen MR) is 69.8 cm³/mol. The van der Waals surface area contributed by atoms with Crippen molar-refractivity contribution in [3.63, 3.8) is 0 Å². The van der Waals surface area contributed by atoms with Crippen LogP contribution in [0.2, 0.25) is 0 Å². The zero-order chi connectivity index (χ0) is 11.0. The predicted octanol–water partition coefficient (Wildman–Crippen LogP) is 4.06. The fourth-order valence-corrected chi connectivity index (χ4v) is 5.67. The molecule has 0 rings (SSSR count). The van der Waals surface area contributed by atoms with Gasteiger partial charge in [0.05, 0.1) is 13.2 Å². The average Bonchev–Trinajstić information content (AvgIpc) is 2.15. The summed E-state index contributed by atoms with van der Waals surface area (Å²) in [7, 11) is 0. The highest BCUT2D eigenvalue weighted by Gasteiger charge is 2.25. The molecular weight excluding hydrogens is 355 g/mol. The van der Waals surface area contributed by atoms with Crippen molar-refractivity contribution in [1.82, 2.24) is 0 Å². The Morgan fingerprint density at radius 2 is 1.86 bits per heavy atom. The Labute approximate surface area is 106 Å². The zero-order valence-corrected chi connectivity index (χ0v) is 13.1. The molecule has 3 nitrogen and oxygen atoms in total. The van der Waals surface area contributed by atoms with Gasteiger partial charge in [-0.15, -0.1) is 0 Å². The lowest BCUT2D eigenvalue weighted by molar-refractivity contribution is 0.237. The molecule has 1 atom stereocenters. The van der Waals surface area contributed by atoms with Gasteiger partial charge in [-0.1, -0.05) is 31.9 Å². The van der Waals surface area contributed by atoms with Crippen molar-refractivity contribution >= 4 is 50.0 Å². The molecular formula is C7H15Br2O3PS. The molecule has 0 heterocycles. The van der Waals surface area contributed by atoms with E-state index in [2.05, 4.69) is 31.9 Å². The Bertz CT molecular complexity index is 184. The SMILES string of the molecule is CCOP(=O)(OCC)SCC(Br)CBr. The maximum absolute atomic E-state index is 11.9. The lowest BCUT2D eigenvalue weighted by Crippen LogP contribution is -2.03. The molecule has 0 amide bonds. The van der Waals surface area contributed by atoms with E-state index in [4.69, 9.17) is 9.05 Å². The molecule has 0 aromatic rings. The highest BCUT2D eigenvalue weighted by molar-refractivity contribution is 9.12. The van der Waals surface area contributed by atoms with Gasteiger partial charge in [0.15, 0.2) is 0 Å². The van der Waals surface area contributed by atoms with Crippen LogP contribution in [0.4, 0.5) is 0 Å². The van der Waals surface area contributed by atoms with Crippen LogP contribution in [0.15, 0.2) is 0 Å². The first kappa shape index (κ1) is 15.5. The third-order valence-corrected chi connectivity index (χ3v) is 7.93. The van der Waals surface area contributed by atoms with E-state index in [9.17, 15) is 4.57 Å². The lowest BCUT2D eigenvalue weighted by Gasteiger charge is -2.16. The standard InChI is InChI=1S/C7H15Br2O3PS/c1-3-11-13(10,12-4-2)14-6-7(9)5-8/h7H,3-6H2,1-2H3. The van der Waals surface area contributed by atoms with Gasteiger partial charge in [-0.05, 0) is 25.2 Å². The summed E-state index contributed by atoms with van der Waals surface area (Å²) in [5.74, 6) is 0.697. The molecule has 0 aliphatic heterocycles. The molecule has 1 unspecified atom stereocenters. The maximum atomic E-state index is 11.9. The molecule has 0 aromatic heterocycles. The number of hydrogen-bond donors (Lipinski definition) is 0. The minimum atomic E-state index is -2.92. The van der Waals surface area contributed by atoms with Crippen molar-refractivity contribution < 1.29 is 13.6 Å². The molecule has 0 spiro atoms. The molecule has 7 heteroatoms. The summed E-state index contributed by atoms with van der Waals surface area (Å²) in [5, 5.41) is 0.818. The molecule has 0 aliphatic carbocycles. The largest absolute Gasteiger partial charge is 0.389 e. The van der Waals surface area contributed by atoms with E-state index in [1.807, 2.05) is 13.8 Å².